The fourth-order valence-electron chi connectivity index (χ4n) is 4.14. The van der Waals surface area contributed by atoms with Gasteiger partial charge in [0.05, 0.1) is 24.1 Å². The molecule has 0 spiro atoms. The van der Waals surface area contributed by atoms with E-state index in [0.29, 0.717) is 17.0 Å². The Morgan fingerprint density at radius 2 is 1.77 bits per heavy atom. The Morgan fingerprint density at radius 1 is 1.06 bits per heavy atom. The Bertz CT molecular complexity index is 1460. The van der Waals surface area contributed by atoms with Gasteiger partial charge in [-0.3, -0.25) is 9.59 Å². The van der Waals surface area contributed by atoms with Crippen molar-refractivity contribution in [2.75, 3.05) is 5.32 Å². The van der Waals surface area contributed by atoms with Crippen molar-refractivity contribution >= 4 is 29.1 Å². The fourth-order valence-corrected chi connectivity index (χ4v) is 5.34. The molecule has 7 nitrogen and oxygen atoms in total. The van der Waals surface area contributed by atoms with Gasteiger partial charge in [0.25, 0.3) is 0 Å². The molecule has 35 heavy (non-hydrogen) atoms. The molecular weight excluding hydrogens is 460 g/mol. The zero-order chi connectivity index (χ0) is 24.4. The third kappa shape index (κ3) is 4.12. The van der Waals surface area contributed by atoms with Crippen molar-refractivity contribution in [1.29, 1.82) is 5.26 Å². The van der Waals surface area contributed by atoms with E-state index >= 15 is 0 Å². The van der Waals surface area contributed by atoms with E-state index in [0.717, 1.165) is 27.4 Å². The lowest BCUT2D eigenvalue weighted by atomic mass is 9.96. The van der Waals surface area contributed by atoms with Crippen LogP contribution in [-0.4, -0.2) is 26.6 Å². The van der Waals surface area contributed by atoms with Crippen LogP contribution in [0.4, 0.5) is 5.69 Å². The highest BCUT2D eigenvalue weighted by Crippen LogP contribution is 2.45. The first-order chi connectivity index (χ1) is 17.1. The predicted octanol–water partition coefficient (Wildman–Crippen LogP) is 4.60. The number of para-hydroxylation sites is 2. The molecule has 1 aliphatic heterocycles. The van der Waals surface area contributed by atoms with E-state index in [-0.39, 0.29) is 12.3 Å². The fraction of sp³-hybridized carbons (Fsp3) is 0.111. The van der Waals surface area contributed by atoms with Crippen LogP contribution >= 0.6 is 11.8 Å². The first-order valence-electron chi connectivity index (χ1n) is 11.0. The van der Waals surface area contributed by atoms with E-state index in [1.54, 1.807) is 28.9 Å². The van der Waals surface area contributed by atoms with Crippen LogP contribution in [-0.2, 0) is 17.2 Å². The number of thioether (sulfide) groups is 1. The number of nitriles is 1. The Balaban J connectivity index is 1.61. The Kier molecular flexibility index (Phi) is 6.19. The highest BCUT2D eigenvalue weighted by atomic mass is 32.2. The quantitative estimate of drug-likeness (QED) is 0.309. The Morgan fingerprint density at radius 3 is 2.46 bits per heavy atom. The van der Waals surface area contributed by atoms with Crippen LogP contribution in [0.1, 0.15) is 21.6 Å². The number of ketones is 1. The number of carbonyl (C=O) groups is 2. The SMILES string of the molecule is N#CC(C(=O)Nc1ccccc1)C(=O)c1nn(-c2ccccc2)c2c1CSc1c(CO)cccc1-2. The molecular formula is C27H20N4O3S. The van der Waals surface area contributed by atoms with E-state index in [4.69, 9.17) is 0 Å². The van der Waals surface area contributed by atoms with E-state index < -0.39 is 17.6 Å². The van der Waals surface area contributed by atoms with Crippen LogP contribution in [0.25, 0.3) is 16.9 Å². The van der Waals surface area contributed by atoms with Crippen molar-refractivity contribution in [3.63, 3.8) is 0 Å². The molecule has 4 aromatic rings. The highest BCUT2D eigenvalue weighted by molar-refractivity contribution is 7.98. The lowest BCUT2D eigenvalue weighted by molar-refractivity contribution is -0.117. The van der Waals surface area contributed by atoms with Gasteiger partial charge in [-0.2, -0.15) is 10.4 Å². The third-order valence-corrected chi connectivity index (χ3v) is 7.00. The van der Waals surface area contributed by atoms with Gasteiger partial charge >= 0.3 is 0 Å². The average Bonchev–Trinajstić information content (AvgIpc) is 3.30. The maximum Gasteiger partial charge on any atom is 0.249 e. The van der Waals surface area contributed by atoms with E-state index in [9.17, 15) is 20.0 Å². The van der Waals surface area contributed by atoms with Crippen molar-refractivity contribution in [2.45, 2.75) is 17.3 Å². The molecule has 1 unspecified atom stereocenters. The topological polar surface area (TPSA) is 108 Å². The van der Waals surface area contributed by atoms with Gasteiger partial charge in [0.1, 0.15) is 5.69 Å². The monoisotopic (exact) mass is 480 g/mol. The zero-order valence-corrected chi connectivity index (χ0v) is 19.3. The average molecular weight is 481 g/mol. The standard InChI is InChI=1S/C27H20N4O3S/c28-14-21(27(34)29-18-9-3-1-4-10-18)25(33)23-22-16-35-26-17(15-32)8-7-13-20(26)24(22)31(30-23)19-11-5-2-6-12-19/h1-13,21,32H,15-16H2,(H,29,34). The van der Waals surface area contributed by atoms with Crippen molar-refractivity contribution in [1.82, 2.24) is 9.78 Å². The third-order valence-electron chi connectivity index (χ3n) is 5.80. The molecule has 3 aromatic carbocycles. The molecule has 1 amide bonds. The number of aliphatic hydroxyl groups excluding tert-OH is 1. The maximum absolute atomic E-state index is 13.6. The number of aromatic nitrogens is 2. The lowest BCUT2D eigenvalue weighted by Gasteiger charge is -2.20. The molecule has 2 heterocycles. The number of benzene rings is 3. The molecule has 2 N–H and O–H groups in total. The molecule has 1 aliphatic rings. The second-order valence-electron chi connectivity index (χ2n) is 7.95. The summed E-state index contributed by atoms with van der Waals surface area (Å²) in [5.74, 6) is -2.47. The summed E-state index contributed by atoms with van der Waals surface area (Å²) in [6, 6.07) is 25.6. The van der Waals surface area contributed by atoms with Gasteiger partial charge in [0.15, 0.2) is 5.92 Å². The molecule has 0 fully saturated rings. The van der Waals surface area contributed by atoms with Gasteiger partial charge in [-0.1, -0.05) is 54.6 Å². The van der Waals surface area contributed by atoms with Gasteiger partial charge in [-0.15, -0.1) is 11.8 Å². The number of amides is 1. The van der Waals surface area contributed by atoms with Crippen molar-refractivity contribution < 1.29 is 14.7 Å². The number of anilines is 1. The first-order valence-corrected chi connectivity index (χ1v) is 11.9. The summed E-state index contributed by atoms with van der Waals surface area (Å²) >= 11 is 1.50. The molecule has 1 aromatic heterocycles. The maximum atomic E-state index is 13.6. The summed E-state index contributed by atoms with van der Waals surface area (Å²) in [5.41, 5.74) is 4.39. The Labute approximate surface area is 206 Å². The van der Waals surface area contributed by atoms with Crippen LogP contribution in [0.15, 0.2) is 83.8 Å². The van der Waals surface area contributed by atoms with E-state index in [1.807, 2.05) is 60.7 Å². The van der Waals surface area contributed by atoms with Gasteiger partial charge in [0, 0.05) is 27.5 Å². The molecule has 0 radical (unpaired) electrons. The number of hydrogen-bond acceptors (Lipinski definition) is 6. The summed E-state index contributed by atoms with van der Waals surface area (Å²) in [7, 11) is 0. The van der Waals surface area contributed by atoms with Crippen LogP contribution in [0.5, 0.6) is 0 Å². The second kappa shape index (κ2) is 9.58. The number of nitrogens with zero attached hydrogens (tertiary/aromatic N) is 3. The van der Waals surface area contributed by atoms with Gasteiger partial charge in [0.2, 0.25) is 11.7 Å². The van der Waals surface area contributed by atoms with Gasteiger partial charge < -0.3 is 10.4 Å². The number of Topliss-reactive ketones (excluding diaryl/α,β-unsaturated/α-hetero) is 1. The van der Waals surface area contributed by atoms with Crippen LogP contribution in [0.2, 0.25) is 0 Å². The van der Waals surface area contributed by atoms with Crippen molar-refractivity contribution in [3.8, 4) is 23.0 Å². The zero-order valence-electron chi connectivity index (χ0n) is 18.5. The minimum Gasteiger partial charge on any atom is -0.392 e. The minimum atomic E-state index is -1.55. The summed E-state index contributed by atoms with van der Waals surface area (Å²) in [6.45, 7) is -0.104. The largest absolute Gasteiger partial charge is 0.392 e. The van der Waals surface area contributed by atoms with Gasteiger partial charge in [-0.25, -0.2) is 4.68 Å². The number of carbonyl (C=O) groups excluding carboxylic acids is 2. The van der Waals surface area contributed by atoms with Crippen molar-refractivity contribution in [3.05, 3.63) is 95.7 Å². The molecule has 172 valence electrons. The Hall–Kier alpha value is -4.19. The minimum absolute atomic E-state index is 0.103. The number of nitrogens with one attached hydrogen (secondary N) is 1. The van der Waals surface area contributed by atoms with Gasteiger partial charge in [-0.05, 0) is 29.8 Å². The normalized spacial score (nSPS) is 12.7. The second-order valence-corrected chi connectivity index (χ2v) is 8.93. The first kappa shape index (κ1) is 22.6. The highest BCUT2D eigenvalue weighted by Gasteiger charge is 2.36. The number of aliphatic hydroxyl groups is 1. The summed E-state index contributed by atoms with van der Waals surface area (Å²) in [6.07, 6.45) is 0. The molecule has 0 saturated carbocycles. The van der Waals surface area contributed by atoms with Crippen LogP contribution in [0.3, 0.4) is 0 Å². The smallest absolute Gasteiger partial charge is 0.249 e. The summed E-state index contributed by atoms with van der Waals surface area (Å²) < 4.78 is 1.69. The molecule has 0 saturated heterocycles. The number of fused-ring (bicyclic) bond motifs is 3. The van der Waals surface area contributed by atoms with E-state index in [2.05, 4.69) is 10.4 Å². The number of rotatable bonds is 6. The predicted molar refractivity (Wildman–Crippen MR) is 133 cm³/mol. The molecule has 5 rings (SSSR count). The molecule has 8 heteroatoms. The molecule has 0 bridgehead atoms. The van der Waals surface area contributed by atoms with E-state index in [1.165, 1.54) is 11.8 Å². The van der Waals surface area contributed by atoms with Crippen LogP contribution < -0.4 is 5.32 Å². The molecule has 0 aliphatic carbocycles. The molecule has 1 atom stereocenters. The van der Waals surface area contributed by atoms with Crippen LogP contribution in [0, 0.1) is 17.2 Å². The number of hydrogen-bond donors (Lipinski definition) is 2. The summed E-state index contributed by atoms with van der Waals surface area (Å²) in [5, 5.41) is 26.9. The lowest BCUT2D eigenvalue weighted by Crippen LogP contribution is -2.29. The summed E-state index contributed by atoms with van der Waals surface area (Å²) in [4.78, 5) is 27.3. The van der Waals surface area contributed by atoms with Crippen molar-refractivity contribution in [2.24, 2.45) is 5.92 Å².